The summed E-state index contributed by atoms with van der Waals surface area (Å²) in [5, 5.41) is 8.61. The predicted octanol–water partition coefficient (Wildman–Crippen LogP) is 0.122. The van der Waals surface area contributed by atoms with Crippen molar-refractivity contribution >= 4 is 5.91 Å². The minimum Gasteiger partial charge on any atom is -0.396 e. The summed E-state index contributed by atoms with van der Waals surface area (Å²) in [7, 11) is 0. The molecule has 0 saturated heterocycles. The molecule has 0 saturated carbocycles. The summed E-state index contributed by atoms with van der Waals surface area (Å²) in [4.78, 5) is 13.2. The second-order valence-corrected chi connectivity index (χ2v) is 3.04. The summed E-state index contributed by atoms with van der Waals surface area (Å²) in [6.45, 7) is 3.71. The zero-order valence-electron chi connectivity index (χ0n) is 8.78. The van der Waals surface area contributed by atoms with Gasteiger partial charge in [0.2, 0.25) is 5.91 Å². The first-order valence-corrected chi connectivity index (χ1v) is 4.98. The van der Waals surface area contributed by atoms with Crippen molar-refractivity contribution in [2.45, 2.75) is 19.8 Å². The van der Waals surface area contributed by atoms with Gasteiger partial charge in [0.25, 0.3) is 0 Å². The average Bonchev–Trinajstić information content (AvgIpc) is 2.17. The Morgan fingerprint density at radius 2 is 2.14 bits per heavy atom. The van der Waals surface area contributed by atoms with Crippen molar-refractivity contribution in [1.82, 2.24) is 4.90 Å². The minimum absolute atomic E-state index is 0.00381. The first-order chi connectivity index (χ1) is 6.76. The third kappa shape index (κ3) is 5.72. The van der Waals surface area contributed by atoms with Crippen LogP contribution >= 0.6 is 0 Å². The fraction of sp³-hybridized carbons (Fsp3) is 0.700. The van der Waals surface area contributed by atoms with Gasteiger partial charge in [-0.2, -0.15) is 0 Å². The number of carbonyl (C=O) groups excluding carboxylic acids is 1. The molecule has 1 amide bonds. The first kappa shape index (κ1) is 13.1. The molecule has 82 valence electrons. The maximum atomic E-state index is 11.4. The van der Waals surface area contributed by atoms with E-state index in [1.165, 1.54) is 6.08 Å². The molecule has 0 aromatic rings. The smallest absolute Gasteiger partial charge is 0.246 e. The number of aliphatic hydroxyl groups is 1. The van der Waals surface area contributed by atoms with Crippen molar-refractivity contribution in [2.75, 3.05) is 26.2 Å². The molecule has 0 aromatic heterocycles. The standard InChI is InChI=1S/C10H20N2O2/c1-2-5-10(14)12(8-6-11)7-3-4-9-13/h2,5,13H,3-4,6-9,11H2,1H3/b5-2+. The average molecular weight is 200 g/mol. The third-order valence-corrected chi connectivity index (χ3v) is 1.86. The molecule has 0 heterocycles. The Kier molecular flexibility index (Phi) is 8.17. The molecule has 0 rings (SSSR count). The van der Waals surface area contributed by atoms with Crippen LogP contribution in [0.2, 0.25) is 0 Å². The van der Waals surface area contributed by atoms with E-state index in [0.29, 0.717) is 19.6 Å². The number of aliphatic hydroxyl groups excluding tert-OH is 1. The molecular weight excluding hydrogens is 180 g/mol. The lowest BCUT2D eigenvalue weighted by Gasteiger charge is -2.19. The summed E-state index contributed by atoms with van der Waals surface area (Å²) in [5.41, 5.74) is 5.40. The van der Waals surface area contributed by atoms with Crippen molar-refractivity contribution in [2.24, 2.45) is 5.73 Å². The number of rotatable bonds is 7. The second-order valence-electron chi connectivity index (χ2n) is 3.04. The summed E-state index contributed by atoms with van der Waals surface area (Å²) in [5.74, 6) is -0.00381. The zero-order chi connectivity index (χ0) is 10.8. The monoisotopic (exact) mass is 200 g/mol. The van der Waals surface area contributed by atoms with E-state index < -0.39 is 0 Å². The molecule has 0 atom stereocenters. The van der Waals surface area contributed by atoms with Crippen LogP contribution in [-0.2, 0) is 4.79 Å². The Balaban J connectivity index is 3.93. The van der Waals surface area contributed by atoms with Gasteiger partial charge in [0.05, 0.1) is 0 Å². The van der Waals surface area contributed by atoms with Crippen LogP contribution in [0.1, 0.15) is 19.8 Å². The van der Waals surface area contributed by atoms with Gasteiger partial charge in [0, 0.05) is 26.2 Å². The van der Waals surface area contributed by atoms with E-state index >= 15 is 0 Å². The maximum Gasteiger partial charge on any atom is 0.246 e. The van der Waals surface area contributed by atoms with E-state index in [2.05, 4.69) is 0 Å². The molecule has 0 bridgehead atoms. The predicted molar refractivity (Wildman–Crippen MR) is 56.8 cm³/mol. The van der Waals surface area contributed by atoms with Crippen LogP contribution in [0, 0.1) is 0 Å². The van der Waals surface area contributed by atoms with Gasteiger partial charge in [0.1, 0.15) is 0 Å². The van der Waals surface area contributed by atoms with E-state index in [1.807, 2.05) is 6.92 Å². The van der Waals surface area contributed by atoms with E-state index in [9.17, 15) is 4.79 Å². The molecular formula is C10H20N2O2. The second kappa shape index (κ2) is 8.72. The van der Waals surface area contributed by atoms with Crippen molar-refractivity contribution in [1.29, 1.82) is 0 Å². The molecule has 0 spiro atoms. The quantitative estimate of drug-likeness (QED) is 0.453. The van der Waals surface area contributed by atoms with E-state index in [-0.39, 0.29) is 12.5 Å². The van der Waals surface area contributed by atoms with Gasteiger partial charge in [-0.15, -0.1) is 0 Å². The number of hydrogen-bond donors (Lipinski definition) is 2. The van der Waals surface area contributed by atoms with Crippen LogP contribution in [0.4, 0.5) is 0 Å². The van der Waals surface area contributed by atoms with Crippen molar-refractivity contribution in [3.63, 3.8) is 0 Å². The summed E-state index contributed by atoms with van der Waals surface area (Å²) < 4.78 is 0. The summed E-state index contributed by atoms with van der Waals surface area (Å²) in [6, 6.07) is 0. The third-order valence-electron chi connectivity index (χ3n) is 1.86. The van der Waals surface area contributed by atoms with Crippen molar-refractivity contribution < 1.29 is 9.90 Å². The number of hydrogen-bond acceptors (Lipinski definition) is 3. The molecule has 0 fully saturated rings. The highest BCUT2D eigenvalue weighted by Crippen LogP contribution is 1.96. The SMILES string of the molecule is C/C=C/C(=O)N(CCN)CCCCO. The number of nitrogens with zero attached hydrogens (tertiary/aromatic N) is 1. The van der Waals surface area contributed by atoms with Gasteiger partial charge in [-0.1, -0.05) is 6.08 Å². The summed E-state index contributed by atoms with van der Waals surface area (Å²) in [6.07, 6.45) is 4.80. The topological polar surface area (TPSA) is 66.6 Å². The zero-order valence-corrected chi connectivity index (χ0v) is 8.78. The van der Waals surface area contributed by atoms with Gasteiger partial charge in [-0.3, -0.25) is 4.79 Å². The van der Waals surface area contributed by atoms with Crippen molar-refractivity contribution in [3.05, 3.63) is 12.2 Å². The molecule has 4 heteroatoms. The first-order valence-electron chi connectivity index (χ1n) is 4.98. The van der Waals surface area contributed by atoms with Crippen LogP contribution in [0.5, 0.6) is 0 Å². The highest BCUT2D eigenvalue weighted by atomic mass is 16.2. The number of allylic oxidation sites excluding steroid dienone is 1. The highest BCUT2D eigenvalue weighted by Gasteiger charge is 2.07. The lowest BCUT2D eigenvalue weighted by Crippen LogP contribution is -2.35. The normalized spacial score (nSPS) is 10.8. The molecule has 0 aromatic carbocycles. The molecule has 0 aliphatic carbocycles. The Labute approximate surface area is 85.4 Å². The van der Waals surface area contributed by atoms with Crippen LogP contribution in [0.15, 0.2) is 12.2 Å². The fourth-order valence-corrected chi connectivity index (χ4v) is 1.15. The molecule has 0 aliphatic rings. The molecule has 0 radical (unpaired) electrons. The lowest BCUT2D eigenvalue weighted by atomic mass is 10.3. The molecule has 4 nitrogen and oxygen atoms in total. The van der Waals surface area contributed by atoms with E-state index in [0.717, 1.165) is 12.8 Å². The summed E-state index contributed by atoms with van der Waals surface area (Å²) >= 11 is 0. The van der Waals surface area contributed by atoms with Crippen LogP contribution in [0.3, 0.4) is 0 Å². The van der Waals surface area contributed by atoms with Crippen molar-refractivity contribution in [3.8, 4) is 0 Å². The van der Waals surface area contributed by atoms with Gasteiger partial charge >= 0.3 is 0 Å². The number of unbranched alkanes of at least 4 members (excludes halogenated alkanes) is 1. The van der Waals surface area contributed by atoms with E-state index in [1.54, 1.807) is 11.0 Å². The highest BCUT2D eigenvalue weighted by molar-refractivity contribution is 5.87. The maximum absolute atomic E-state index is 11.4. The van der Waals surface area contributed by atoms with Gasteiger partial charge < -0.3 is 15.7 Å². The molecule has 0 aliphatic heterocycles. The Bertz CT molecular complexity index is 181. The number of carbonyl (C=O) groups is 1. The van der Waals surface area contributed by atoms with Crippen LogP contribution in [-0.4, -0.2) is 42.2 Å². The molecule has 3 N–H and O–H groups in total. The Morgan fingerprint density at radius 3 is 2.64 bits per heavy atom. The minimum atomic E-state index is -0.00381. The Hall–Kier alpha value is -0.870. The molecule has 14 heavy (non-hydrogen) atoms. The largest absolute Gasteiger partial charge is 0.396 e. The van der Waals surface area contributed by atoms with Crippen LogP contribution in [0.25, 0.3) is 0 Å². The van der Waals surface area contributed by atoms with Gasteiger partial charge in [0.15, 0.2) is 0 Å². The van der Waals surface area contributed by atoms with Gasteiger partial charge in [-0.05, 0) is 25.8 Å². The van der Waals surface area contributed by atoms with E-state index in [4.69, 9.17) is 10.8 Å². The Morgan fingerprint density at radius 1 is 1.43 bits per heavy atom. The number of amides is 1. The lowest BCUT2D eigenvalue weighted by molar-refractivity contribution is -0.126. The fourth-order valence-electron chi connectivity index (χ4n) is 1.15. The number of nitrogens with two attached hydrogens (primary N) is 1. The van der Waals surface area contributed by atoms with Gasteiger partial charge in [-0.25, -0.2) is 0 Å². The molecule has 0 unspecified atom stereocenters. The van der Waals surface area contributed by atoms with Crippen LogP contribution < -0.4 is 5.73 Å².